The van der Waals surface area contributed by atoms with Gasteiger partial charge in [0.05, 0.1) is 6.04 Å². The number of benzene rings is 1. The second-order valence-electron chi connectivity index (χ2n) is 5.77. The molecule has 0 aliphatic rings. The van der Waals surface area contributed by atoms with E-state index in [4.69, 9.17) is 0 Å². The van der Waals surface area contributed by atoms with Crippen molar-refractivity contribution in [2.24, 2.45) is 0 Å². The van der Waals surface area contributed by atoms with Gasteiger partial charge in [-0.2, -0.15) is 0 Å². The van der Waals surface area contributed by atoms with Crippen LogP contribution in [0.5, 0.6) is 0 Å². The maximum atomic E-state index is 12.0. The number of pyridine rings is 2. The van der Waals surface area contributed by atoms with E-state index in [1.807, 2.05) is 61.7 Å². The Morgan fingerprint density at radius 1 is 0.960 bits per heavy atom. The zero-order valence-corrected chi connectivity index (χ0v) is 14.0. The third kappa shape index (κ3) is 4.64. The van der Waals surface area contributed by atoms with Crippen molar-refractivity contribution in [3.05, 3.63) is 84.4 Å². The Kier molecular flexibility index (Phi) is 5.36. The Morgan fingerprint density at radius 3 is 2.40 bits per heavy atom. The van der Waals surface area contributed by atoms with Gasteiger partial charge in [-0.15, -0.1) is 0 Å². The molecule has 2 heterocycles. The van der Waals surface area contributed by atoms with Gasteiger partial charge < -0.3 is 10.6 Å². The van der Waals surface area contributed by atoms with Crippen LogP contribution in [0.25, 0.3) is 11.1 Å². The van der Waals surface area contributed by atoms with Gasteiger partial charge in [-0.05, 0) is 47.4 Å². The molecule has 0 radical (unpaired) electrons. The van der Waals surface area contributed by atoms with Gasteiger partial charge in [0.15, 0.2) is 0 Å². The van der Waals surface area contributed by atoms with E-state index >= 15 is 0 Å². The van der Waals surface area contributed by atoms with Crippen LogP contribution in [0.4, 0.5) is 4.79 Å². The highest BCUT2D eigenvalue weighted by molar-refractivity contribution is 5.74. The van der Waals surface area contributed by atoms with Crippen LogP contribution in [-0.2, 0) is 6.54 Å². The molecule has 5 nitrogen and oxygen atoms in total. The standard InChI is InChI=1S/C20H20N4O/c1-15(24-20(25)23-13-16-8-11-21-12-9-16)17-4-6-18(7-5-17)19-3-2-10-22-14-19/h2-12,14-15H,13H2,1H3,(H2,23,24,25). The number of carbonyl (C=O) groups is 1. The lowest BCUT2D eigenvalue weighted by atomic mass is 10.0. The molecule has 126 valence electrons. The van der Waals surface area contributed by atoms with Crippen molar-refractivity contribution < 1.29 is 4.79 Å². The Balaban J connectivity index is 1.55. The number of hydrogen-bond acceptors (Lipinski definition) is 3. The van der Waals surface area contributed by atoms with Crippen LogP contribution in [0.15, 0.2) is 73.3 Å². The lowest BCUT2D eigenvalue weighted by Gasteiger charge is -2.15. The van der Waals surface area contributed by atoms with Gasteiger partial charge in [-0.3, -0.25) is 9.97 Å². The minimum absolute atomic E-state index is 0.0830. The first-order chi connectivity index (χ1) is 12.2. The Labute approximate surface area is 147 Å². The van der Waals surface area contributed by atoms with Crippen molar-refractivity contribution in [2.75, 3.05) is 0 Å². The maximum Gasteiger partial charge on any atom is 0.315 e. The van der Waals surface area contributed by atoms with E-state index in [0.29, 0.717) is 6.54 Å². The predicted molar refractivity (Wildman–Crippen MR) is 97.7 cm³/mol. The smallest absolute Gasteiger partial charge is 0.315 e. The van der Waals surface area contributed by atoms with Gasteiger partial charge in [-0.1, -0.05) is 30.3 Å². The fourth-order valence-corrected chi connectivity index (χ4v) is 2.51. The van der Waals surface area contributed by atoms with Gasteiger partial charge >= 0.3 is 6.03 Å². The second kappa shape index (κ2) is 8.06. The van der Waals surface area contributed by atoms with Crippen LogP contribution in [-0.4, -0.2) is 16.0 Å². The van der Waals surface area contributed by atoms with E-state index in [-0.39, 0.29) is 12.1 Å². The molecular weight excluding hydrogens is 312 g/mol. The summed E-state index contributed by atoms with van der Waals surface area (Å²) < 4.78 is 0. The first-order valence-corrected chi connectivity index (χ1v) is 8.16. The first-order valence-electron chi connectivity index (χ1n) is 8.16. The minimum atomic E-state index is -0.194. The van der Waals surface area contributed by atoms with E-state index in [1.54, 1.807) is 18.6 Å². The molecule has 0 spiro atoms. The molecule has 0 bridgehead atoms. The van der Waals surface area contributed by atoms with Gasteiger partial charge in [0.2, 0.25) is 0 Å². The Hall–Kier alpha value is -3.21. The lowest BCUT2D eigenvalue weighted by molar-refractivity contribution is 0.237. The summed E-state index contributed by atoms with van der Waals surface area (Å²) in [6.07, 6.45) is 7.01. The predicted octanol–water partition coefficient (Wildman–Crippen LogP) is 3.70. The summed E-state index contributed by atoms with van der Waals surface area (Å²) in [4.78, 5) is 20.1. The maximum absolute atomic E-state index is 12.0. The molecule has 2 amide bonds. The molecule has 3 aromatic rings. The number of nitrogens with zero attached hydrogens (tertiary/aromatic N) is 2. The lowest BCUT2D eigenvalue weighted by Crippen LogP contribution is -2.36. The summed E-state index contributed by atoms with van der Waals surface area (Å²) in [6.45, 7) is 2.44. The largest absolute Gasteiger partial charge is 0.334 e. The number of rotatable bonds is 5. The summed E-state index contributed by atoms with van der Waals surface area (Å²) in [5.74, 6) is 0. The number of amides is 2. The SMILES string of the molecule is CC(NC(=O)NCc1ccncc1)c1ccc(-c2cccnc2)cc1. The van der Waals surface area contributed by atoms with E-state index in [1.165, 1.54) is 0 Å². The van der Waals surface area contributed by atoms with E-state index < -0.39 is 0 Å². The van der Waals surface area contributed by atoms with Crippen molar-refractivity contribution >= 4 is 6.03 Å². The number of urea groups is 1. The van der Waals surface area contributed by atoms with Crippen LogP contribution in [0, 0.1) is 0 Å². The molecule has 25 heavy (non-hydrogen) atoms. The van der Waals surface area contributed by atoms with Crippen LogP contribution >= 0.6 is 0 Å². The average Bonchev–Trinajstić information content (AvgIpc) is 2.68. The summed E-state index contributed by atoms with van der Waals surface area (Å²) >= 11 is 0. The molecule has 3 rings (SSSR count). The summed E-state index contributed by atoms with van der Waals surface area (Å²) in [5.41, 5.74) is 4.24. The van der Waals surface area contributed by atoms with Crippen molar-refractivity contribution in [3.8, 4) is 11.1 Å². The Bertz CT molecular complexity index is 804. The number of nitrogens with one attached hydrogen (secondary N) is 2. The average molecular weight is 332 g/mol. The highest BCUT2D eigenvalue weighted by Crippen LogP contribution is 2.21. The zero-order chi connectivity index (χ0) is 17.5. The van der Waals surface area contributed by atoms with E-state index in [2.05, 4.69) is 20.6 Å². The highest BCUT2D eigenvalue weighted by atomic mass is 16.2. The van der Waals surface area contributed by atoms with Crippen molar-refractivity contribution in [3.63, 3.8) is 0 Å². The molecule has 0 aliphatic heterocycles. The second-order valence-corrected chi connectivity index (χ2v) is 5.77. The van der Waals surface area contributed by atoms with E-state index in [9.17, 15) is 4.79 Å². The first kappa shape index (κ1) is 16.6. The number of carbonyl (C=O) groups excluding carboxylic acids is 1. The molecule has 2 aromatic heterocycles. The third-order valence-corrected chi connectivity index (χ3v) is 3.96. The minimum Gasteiger partial charge on any atom is -0.334 e. The topological polar surface area (TPSA) is 66.9 Å². The molecule has 1 aromatic carbocycles. The van der Waals surface area contributed by atoms with E-state index in [0.717, 1.165) is 22.3 Å². The molecule has 0 aliphatic carbocycles. The summed E-state index contributed by atoms with van der Waals surface area (Å²) in [5, 5.41) is 5.80. The molecule has 2 N–H and O–H groups in total. The summed E-state index contributed by atoms with van der Waals surface area (Å²) in [7, 11) is 0. The monoisotopic (exact) mass is 332 g/mol. The Morgan fingerprint density at radius 2 is 1.72 bits per heavy atom. The molecule has 0 fully saturated rings. The molecular formula is C20H20N4O. The number of aromatic nitrogens is 2. The molecule has 0 saturated heterocycles. The van der Waals surface area contributed by atoms with Crippen LogP contribution < -0.4 is 10.6 Å². The number of hydrogen-bond donors (Lipinski definition) is 2. The van der Waals surface area contributed by atoms with Crippen molar-refractivity contribution in [2.45, 2.75) is 19.5 Å². The normalized spacial score (nSPS) is 11.6. The molecule has 0 saturated carbocycles. The van der Waals surface area contributed by atoms with Crippen molar-refractivity contribution in [1.82, 2.24) is 20.6 Å². The molecule has 1 atom stereocenters. The quantitative estimate of drug-likeness (QED) is 0.748. The fourth-order valence-electron chi connectivity index (χ4n) is 2.51. The van der Waals surface area contributed by atoms with Crippen molar-refractivity contribution in [1.29, 1.82) is 0 Å². The highest BCUT2D eigenvalue weighted by Gasteiger charge is 2.09. The van der Waals surface area contributed by atoms with Gasteiger partial charge in [0, 0.05) is 31.3 Å². The molecule has 5 heteroatoms. The summed E-state index contributed by atoms with van der Waals surface area (Å²) in [6, 6.07) is 15.5. The molecule has 1 unspecified atom stereocenters. The van der Waals surface area contributed by atoms with Gasteiger partial charge in [-0.25, -0.2) is 4.79 Å². The van der Waals surface area contributed by atoms with Crippen LogP contribution in [0.2, 0.25) is 0 Å². The third-order valence-electron chi connectivity index (χ3n) is 3.96. The fraction of sp³-hybridized carbons (Fsp3) is 0.150. The van der Waals surface area contributed by atoms with Gasteiger partial charge in [0.1, 0.15) is 0 Å². The zero-order valence-electron chi connectivity index (χ0n) is 14.0. The van der Waals surface area contributed by atoms with Crippen LogP contribution in [0.1, 0.15) is 24.1 Å². The van der Waals surface area contributed by atoms with Crippen LogP contribution in [0.3, 0.4) is 0 Å². The van der Waals surface area contributed by atoms with Gasteiger partial charge in [0.25, 0.3) is 0 Å².